The molecule has 1 aromatic heterocycles. The Morgan fingerprint density at radius 1 is 1.39 bits per heavy atom. The van der Waals surface area contributed by atoms with Crippen LogP contribution < -0.4 is 0 Å². The molecule has 1 aromatic carbocycles. The van der Waals surface area contributed by atoms with Gasteiger partial charge in [0.25, 0.3) is 0 Å². The molecule has 2 aromatic rings. The molecular formula is C13H14BrNO2S. The van der Waals surface area contributed by atoms with Crippen molar-refractivity contribution < 1.29 is 8.42 Å². The van der Waals surface area contributed by atoms with Crippen molar-refractivity contribution in [3.8, 4) is 0 Å². The summed E-state index contributed by atoms with van der Waals surface area (Å²) in [5.74, 6) is 0.529. The molecule has 3 nitrogen and oxygen atoms in total. The lowest BCUT2D eigenvalue weighted by Gasteiger charge is -2.03. The van der Waals surface area contributed by atoms with Crippen LogP contribution in [-0.4, -0.2) is 19.7 Å². The number of hydrogen-bond donors (Lipinski definition) is 1. The first-order chi connectivity index (χ1) is 8.38. The smallest absolute Gasteiger partial charge is 0.175 e. The quantitative estimate of drug-likeness (QED) is 0.872. The molecule has 96 valence electrons. The second-order valence-corrected chi connectivity index (χ2v) is 7.93. The topological polar surface area (TPSA) is 49.9 Å². The van der Waals surface area contributed by atoms with Gasteiger partial charge >= 0.3 is 0 Å². The first kappa shape index (κ1) is 12.2. The van der Waals surface area contributed by atoms with E-state index in [2.05, 4.69) is 27.8 Å². The van der Waals surface area contributed by atoms with Crippen LogP contribution in [0.2, 0.25) is 0 Å². The Labute approximate surface area is 115 Å². The minimum absolute atomic E-state index is 0.378. The SMILES string of the molecule is CC1CCc2c1[nH]c1c(Br)cc(S(C)(=O)=O)cc21. The predicted octanol–water partition coefficient (Wildman–Crippen LogP) is 3.38. The summed E-state index contributed by atoms with van der Waals surface area (Å²) in [6.07, 6.45) is 3.41. The van der Waals surface area contributed by atoms with Gasteiger partial charge in [0, 0.05) is 21.8 Å². The second-order valence-electron chi connectivity index (χ2n) is 5.06. The Kier molecular flexibility index (Phi) is 2.61. The minimum Gasteiger partial charge on any atom is -0.357 e. The highest BCUT2D eigenvalue weighted by Gasteiger charge is 2.25. The fraction of sp³-hybridized carbons (Fsp3) is 0.385. The number of H-pyrrole nitrogens is 1. The van der Waals surface area contributed by atoms with Crippen LogP contribution in [0.25, 0.3) is 10.9 Å². The summed E-state index contributed by atoms with van der Waals surface area (Å²) < 4.78 is 24.2. The molecule has 1 N–H and O–H groups in total. The van der Waals surface area contributed by atoms with E-state index in [1.54, 1.807) is 12.1 Å². The molecule has 0 amide bonds. The molecule has 0 aliphatic heterocycles. The van der Waals surface area contributed by atoms with E-state index in [4.69, 9.17) is 0 Å². The number of aromatic nitrogens is 1. The van der Waals surface area contributed by atoms with E-state index in [-0.39, 0.29) is 0 Å². The lowest BCUT2D eigenvalue weighted by atomic mass is 10.1. The number of aromatic amines is 1. The summed E-state index contributed by atoms with van der Waals surface area (Å²) in [5, 5.41) is 1.05. The molecule has 0 radical (unpaired) electrons. The molecule has 1 unspecified atom stereocenters. The van der Waals surface area contributed by atoms with E-state index in [9.17, 15) is 8.42 Å². The van der Waals surface area contributed by atoms with Crippen molar-refractivity contribution in [2.45, 2.75) is 30.6 Å². The van der Waals surface area contributed by atoms with Crippen molar-refractivity contribution in [3.05, 3.63) is 27.9 Å². The summed E-state index contributed by atoms with van der Waals surface area (Å²) >= 11 is 3.47. The van der Waals surface area contributed by atoms with Gasteiger partial charge in [-0.25, -0.2) is 8.42 Å². The van der Waals surface area contributed by atoms with Gasteiger partial charge in [-0.2, -0.15) is 0 Å². The molecule has 18 heavy (non-hydrogen) atoms. The van der Waals surface area contributed by atoms with Crippen molar-refractivity contribution in [2.24, 2.45) is 0 Å². The Bertz CT molecular complexity index is 746. The number of aryl methyl sites for hydroxylation is 1. The summed E-state index contributed by atoms with van der Waals surface area (Å²) in [7, 11) is -3.17. The Hall–Kier alpha value is -0.810. The monoisotopic (exact) mass is 327 g/mol. The van der Waals surface area contributed by atoms with Gasteiger partial charge in [-0.3, -0.25) is 0 Å². The molecule has 0 bridgehead atoms. The van der Waals surface area contributed by atoms with Crippen LogP contribution in [0, 0.1) is 0 Å². The van der Waals surface area contributed by atoms with Crippen molar-refractivity contribution >= 4 is 36.7 Å². The van der Waals surface area contributed by atoms with Crippen LogP contribution in [0.5, 0.6) is 0 Å². The van der Waals surface area contributed by atoms with Gasteiger partial charge in [-0.05, 0) is 52.4 Å². The molecule has 0 saturated carbocycles. The van der Waals surface area contributed by atoms with Crippen molar-refractivity contribution in [2.75, 3.05) is 6.26 Å². The zero-order chi connectivity index (χ0) is 13.1. The average Bonchev–Trinajstić information content (AvgIpc) is 2.79. The standard InChI is InChI=1S/C13H14BrNO2S/c1-7-3-4-9-10-5-8(18(2,16)17)6-11(14)13(10)15-12(7)9/h5-7,15H,3-4H2,1-2H3. The maximum absolute atomic E-state index is 11.7. The van der Waals surface area contributed by atoms with Crippen molar-refractivity contribution in [1.82, 2.24) is 4.98 Å². The van der Waals surface area contributed by atoms with Gasteiger partial charge in [0.1, 0.15) is 0 Å². The number of benzene rings is 1. The zero-order valence-electron chi connectivity index (χ0n) is 10.2. The molecule has 3 rings (SSSR count). The number of hydrogen-bond acceptors (Lipinski definition) is 2. The first-order valence-corrected chi connectivity index (χ1v) is 8.60. The fourth-order valence-corrected chi connectivity index (χ4v) is 4.09. The van der Waals surface area contributed by atoms with E-state index in [0.29, 0.717) is 10.8 Å². The van der Waals surface area contributed by atoms with Crippen LogP contribution in [0.15, 0.2) is 21.5 Å². The highest BCUT2D eigenvalue weighted by atomic mass is 79.9. The summed E-state index contributed by atoms with van der Waals surface area (Å²) in [6.45, 7) is 2.20. The van der Waals surface area contributed by atoms with Crippen LogP contribution in [0.4, 0.5) is 0 Å². The van der Waals surface area contributed by atoms with E-state index in [1.165, 1.54) is 17.5 Å². The first-order valence-electron chi connectivity index (χ1n) is 5.92. The number of halogens is 1. The summed E-state index contributed by atoms with van der Waals surface area (Å²) in [6, 6.07) is 3.47. The molecule has 1 heterocycles. The van der Waals surface area contributed by atoms with Gasteiger partial charge in [0.05, 0.1) is 10.4 Å². The third kappa shape index (κ3) is 1.72. The number of nitrogens with one attached hydrogen (secondary N) is 1. The second kappa shape index (κ2) is 3.84. The molecule has 0 spiro atoms. The van der Waals surface area contributed by atoms with Crippen LogP contribution in [0.1, 0.15) is 30.5 Å². The average molecular weight is 328 g/mol. The minimum atomic E-state index is -3.17. The van der Waals surface area contributed by atoms with Gasteiger partial charge in [-0.15, -0.1) is 0 Å². The Balaban J connectivity index is 2.37. The van der Waals surface area contributed by atoms with E-state index in [0.717, 1.165) is 28.2 Å². The maximum atomic E-state index is 11.7. The zero-order valence-corrected chi connectivity index (χ0v) is 12.7. The van der Waals surface area contributed by atoms with E-state index >= 15 is 0 Å². The fourth-order valence-electron chi connectivity index (χ4n) is 2.71. The number of sulfone groups is 1. The lowest BCUT2D eigenvalue weighted by molar-refractivity contribution is 0.602. The summed E-state index contributed by atoms with van der Waals surface area (Å²) in [4.78, 5) is 3.81. The molecule has 1 aliphatic carbocycles. The molecule has 0 saturated heterocycles. The van der Waals surface area contributed by atoms with Gasteiger partial charge in [0.15, 0.2) is 9.84 Å². The number of fused-ring (bicyclic) bond motifs is 3. The van der Waals surface area contributed by atoms with Crippen LogP contribution in [0.3, 0.4) is 0 Å². The normalized spacial score (nSPS) is 19.4. The van der Waals surface area contributed by atoms with Crippen LogP contribution in [-0.2, 0) is 16.3 Å². The van der Waals surface area contributed by atoms with Crippen LogP contribution >= 0.6 is 15.9 Å². The van der Waals surface area contributed by atoms with Gasteiger partial charge in [0.2, 0.25) is 0 Å². The highest BCUT2D eigenvalue weighted by Crippen LogP contribution is 2.40. The third-order valence-corrected chi connectivity index (χ3v) is 5.44. The molecule has 5 heteroatoms. The third-order valence-electron chi connectivity index (χ3n) is 3.72. The molecular weight excluding hydrogens is 314 g/mol. The molecule has 0 fully saturated rings. The Morgan fingerprint density at radius 2 is 2.11 bits per heavy atom. The van der Waals surface area contributed by atoms with Crippen molar-refractivity contribution in [1.29, 1.82) is 0 Å². The molecule has 1 atom stereocenters. The largest absolute Gasteiger partial charge is 0.357 e. The maximum Gasteiger partial charge on any atom is 0.175 e. The number of rotatable bonds is 1. The summed E-state index contributed by atoms with van der Waals surface area (Å²) in [5.41, 5.74) is 3.55. The van der Waals surface area contributed by atoms with Gasteiger partial charge < -0.3 is 4.98 Å². The predicted molar refractivity (Wildman–Crippen MR) is 75.8 cm³/mol. The van der Waals surface area contributed by atoms with Crippen molar-refractivity contribution in [3.63, 3.8) is 0 Å². The van der Waals surface area contributed by atoms with E-state index in [1.807, 2.05) is 0 Å². The highest BCUT2D eigenvalue weighted by molar-refractivity contribution is 9.10. The molecule has 1 aliphatic rings. The lowest BCUT2D eigenvalue weighted by Crippen LogP contribution is -1.97. The van der Waals surface area contributed by atoms with E-state index < -0.39 is 9.84 Å². The van der Waals surface area contributed by atoms with Gasteiger partial charge in [-0.1, -0.05) is 6.92 Å². The Morgan fingerprint density at radius 3 is 2.78 bits per heavy atom.